The van der Waals surface area contributed by atoms with E-state index < -0.39 is 0 Å². The smallest absolute Gasteiger partial charge is 0.0589 e. The average Bonchev–Trinajstić information content (AvgIpc) is 2.41. The largest absolute Gasteiger partial charge is 0.383 e. The monoisotopic (exact) mass is 298 g/mol. The van der Waals surface area contributed by atoms with Crippen LogP contribution in [-0.4, -0.2) is 49.8 Å². The Labute approximate surface area is 132 Å². The quantitative estimate of drug-likeness (QED) is 0.740. The minimum absolute atomic E-state index is 0.208. The zero-order chi connectivity index (χ0) is 15.9. The summed E-state index contributed by atoms with van der Waals surface area (Å²) in [6.45, 7) is 15.7. The molecule has 0 aromatic rings. The predicted octanol–water partition coefficient (Wildman–Crippen LogP) is 3.68. The lowest BCUT2D eigenvalue weighted by atomic mass is 9.73. The van der Waals surface area contributed by atoms with Gasteiger partial charge in [-0.05, 0) is 52.9 Å². The van der Waals surface area contributed by atoms with E-state index in [0.717, 1.165) is 19.7 Å². The van der Waals surface area contributed by atoms with Gasteiger partial charge in [0.25, 0.3) is 0 Å². The van der Waals surface area contributed by atoms with Crippen molar-refractivity contribution in [1.82, 2.24) is 10.2 Å². The number of nitrogens with zero attached hydrogens (tertiary/aromatic N) is 1. The molecule has 0 radical (unpaired) electrons. The Bertz CT molecular complexity index is 277. The van der Waals surface area contributed by atoms with Gasteiger partial charge in [0.15, 0.2) is 0 Å². The van der Waals surface area contributed by atoms with E-state index in [0.29, 0.717) is 11.5 Å². The van der Waals surface area contributed by atoms with Gasteiger partial charge in [0.05, 0.1) is 6.61 Å². The Morgan fingerprint density at radius 1 is 1.14 bits per heavy atom. The van der Waals surface area contributed by atoms with E-state index in [9.17, 15) is 0 Å². The third-order valence-corrected chi connectivity index (χ3v) is 4.76. The Kier molecular flexibility index (Phi) is 7.66. The standard InChI is InChI=1S/C18H38N2O/c1-16(2)20(12-13-21-6)15-18(10-8-7-9-11-18)14-19-17(3,4)5/h16,19H,7-15H2,1-6H3. The van der Waals surface area contributed by atoms with Crippen molar-refractivity contribution < 1.29 is 4.74 Å². The second kappa shape index (κ2) is 8.50. The topological polar surface area (TPSA) is 24.5 Å². The van der Waals surface area contributed by atoms with Crippen molar-refractivity contribution in [2.45, 2.75) is 78.3 Å². The molecule has 0 aromatic carbocycles. The van der Waals surface area contributed by atoms with Gasteiger partial charge in [-0.15, -0.1) is 0 Å². The molecule has 0 spiro atoms. The first kappa shape index (κ1) is 18.9. The van der Waals surface area contributed by atoms with Crippen molar-refractivity contribution in [3.8, 4) is 0 Å². The van der Waals surface area contributed by atoms with Crippen LogP contribution >= 0.6 is 0 Å². The number of ether oxygens (including phenoxy) is 1. The number of methoxy groups -OCH3 is 1. The van der Waals surface area contributed by atoms with Crippen LogP contribution in [0.25, 0.3) is 0 Å². The van der Waals surface area contributed by atoms with Crippen molar-refractivity contribution in [1.29, 1.82) is 0 Å². The van der Waals surface area contributed by atoms with E-state index >= 15 is 0 Å². The second-order valence-electron chi connectivity index (χ2n) is 8.22. The molecule has 0 aliphatic heterocycles. The van der Waals surface area contributed by atoms with Crippen LogP contribution in [0.15, 0.2) is 0 Å². The summed E-state index contributed by atoms with van der Waals surface area (Å²) < 4.78 is 5.30. The number of hydrogen-bond acceptors (Lipinski definition) is 3. The van der Waals surface area contributed by atoms with Gasteiger partial charge in [0.1, 0.15) is 0 Å². The molecule has 1 fully saturated rings. The van der Waals surface area contributed by atoms with Crippen molar-refractivity contribution in [3.05, 3.63) is 0 Å². The number of rotatable bonds is 8. The highest BCUT2D eigenvalue weighted by atomic mass is 16.5. The predicted molar refractivity (Wildman–Crippen MR) is 91.9 cm³/mol. The van der Waals surface area contributed by atoms with Crippen LogP contribution in [-0.2, 0) is 4.74 Å². The van der Waals surface area contributed by atoms with Crippen LogP contribution in [0.3, 0.4) is 0 Å². The van der Waals surface area contributed by atoms with Crippen molar-refractivity contribution in [3.63, 3.8) is 0 Å². The Morgan fingerprint density at radius 3 is 2.24 bits per heavy atom. The molecular weight excluding hydrogens is 260 g/mol. The van der Waals surface area contributed by atoms with Gasteiger partial charge in [-0.2, -0.15) is 0 Å². The van der Waals surface area contributed by atoms with Gasteiger partial charge in [0.2, 0.25) is 0 Å². The molecule has 0 heterocycles. The highest BCUT2D eigenvalue weighted by Gasteiger charge is 2.35. The number of nitrogens with one attached hydrogen (secondary N) is 1. The lowest BCUT2D eigenvalue weighted by Crippen LogP contribution is -2.51. The summed E-state index contributed by atoms with van der Waals surface area (Å²) in [5.74, 6) is 0. The van der Waals surface area contributed by atoms with Crippen LogP contribution < -0.4 is 5.32 Å². The Hall–Kier alpha value is -0.120. The molecule has 1 N–H and O–H groups in total. The van der Waals surface area contributed by atoms with Crippen LogP contribution in [0.4, 0.5) is 0 Å². The summed E-state index contributed by atoms with van der Waals surface area (Å²) >= 11 is 0. The molecule has 0 bridgehead atoms. The van der Waals surface area contributed by atoms with E-state index in [1.807, 2.05) is 0 Å². The molecule has 0 amide bonds. The first-order valence-corrected chi connectivity index (χ1v) is 8.76. The highest BCUT2D eigenvalue weighted by molar-refractivity contribution is 4.90. The summed E-state index contributed by atoms with van der Waals surface area (Å²) in [7, 11) is 1.80. The van der Waals surface area contributed by atoms with Crippen LogP contribution in [0.1, 0.15) is 66.7 Å². The van der Waals surface area contributed by atoms with Gasteiger partial charge >= 0.3 is 0 Å². The maximum Gasteiger partial charge on any atom is 0.0589 e. The van der Waals surface area contributed by atoms with E-state index in [4.69, 9.17) is 4.74 Å². The molecule has 3 nitrogen and oxygen atoms in total. The van der Waals surface area contributed by atoms with Crippen LogP contribution in [0.5, 0.6) is 0 Å². The maximum atomic E-state index is 5.30. The summed E-state index contributed by atoms with van der Waals surface area (Å²) in [4.78, 5) is 2.61. The van der Waals surface area contributed by atoms with Crippen molar-refractivity contribution in [2.75, 3.05) is 33.4 Å². The fourth-order valence-electron chi connectivity index (χ4n) is 3.30. The molecule has 0 unspecified atom stereocenters. The lowest BCUT2D eigenvalue weighted by Gasteiger charge is -2.44. The van der Waals surface area contributed by atoms with Gasteiger partial charge in [-0.3, -0.25) is 4.90 Å². The van der Waals surface area contributed by atoms with E-state index in [1.165, 1.54) is 38.6 Å². The van der Waals surface area contributed by atoms with E-state index in [2.05, 4.69) is 44.8 Å². The first-order valence-electron chi connectivity index (χ1n) is 8.76. The average molecular weight is 299 g/mol. The summed E-state index contributed by atoms with van der Waals surface area (Å²) in [5.41, 5.74) is 0.656. The van der Waals surface area contributed by atoms with Crippen molar-refractivity contribution >= 4 is 0 Å². The highest BCUT2D eigenvalue weighted by Crippen LogP contribution is 2.37. The zero-order valence-electron chi connectivity index (χ0n) is 15.3. The first-order chi connectivity index (χ1) is 9.78. The van der Waals surface area contributed by atoms with E-state index in [1.54, 1.807) is 7.11 Å². The fraction of sp³-hybridized carbons (Fsp3) is 1.00. The maximum absolute atomic E-state index is 5.30. The third kappa shape index (κ3) is 7.12. The molecule has 0 aromatic heterocycles. The van der Waals surface area contributed by atoms with Gasteiger partial charge in [-0.1, -0.05) is 19.3 Å². The minimum atomic E-state index is 0.208. The summed E-state index contributed by atoms with van der Waals surface area (Å²) in [5, 5.41) is 3.77. The van der Waals surface area contributed by atoms with Gasteiger partial charge in [-0.25, -0.2) is 0 Å². The van der Waals surface area contributed by atoms with Crippen LogP contribution in [0.2, 0.25) is 0 Å². The van der Waals surface area contributed by atoms with Gasteiger partial charge in [0, 0.05) is 38.3 Å². The molecule has 0 atom stereocenters. The Balaban J connectivity index is 2.70. The zero-order valence-corrected chi connectivity index (χ0v) is 15.3. The fourth-order valence-corrected chi connectivity index (χ4v) is 3.30. The van der Waals surface area contributed by atoms with Crippen LogP contribution in [0, 0.1) is 5.41 Å². The molecule has 1 aliphatic rings. The third-order valence-electron chi connectivity index (χ3n) is 4.76. The van der Waals surface area contributed by atoms with Gasteiger partial charge < -0.3 is 10.1 Å². The molecule has 126 valence electrons. The summed E-state index contributed by atoms with van der Waals surface area (Å²) in [6, 6.07) is 0.591. The summed E-state index contributed by atoms with van der Waals surface area (Å²) in [6.07, 6.45) is 6.93. The second-order valence-corrected chi connectivity index (χ2v) is 8.22. The molecule has 1 rings (SSSR count). The molecule has 3 heteroatoms. The SMILES string of the molecule is COCCN(CC1(CNC(C)(C)C)CCCCC1)C(C)C. The molecule has 21 heavy (non-hydrogen) atoms. The minimum Gasteiger partial charge on any atom is -0.383 e. The molecular formula is C18H38N2O. The molecule has 0 saturated heterocycles. The molecule has 1 saturated carbocycles. The molecule has 1 aliphatic carbocycles. The lowest BCUT2D eigenvalue weighted by molar-refractivity contribution is 0.0574. The normalized spacial score (nSPS) is 19.4. The van der Waals surface area contributed by atoms with Crippen molar-refractivity contribution in [2.24, 2.45) is 5.41 Å². The number of hydrogen-bond donors (Lipinski definition) is 1. The van der Waals surface area contributed by atoms with E-state index in [-0.39, 0.29) is 5.54 Å². The Morgan fingerprint density at radius 2 is 1.76 bits per heavy atom.